The third-order valence-corrected chi connectivity index (χ3v) is 2.40. The van der Waals surface area contributed by atoms with Gasteiger partial charge in [0.15, 0.2) is 0 Å². The average molecular weight is 237 g/mol. The van der Waals surface area contributed by atoms with Gasteiger partial charge in [0.1, 0.15) is 12.4 Å². The van der Waals surface area contributed by atoms with Crippen molar-refractivity contribution in [2.75, 3.05) is 0 Å². The molecule has 0 spiro atoms. The highest BCUT2D eigenvalue weighted by Gasteiger charge is 2.35. The van der Waals surface area contributed by atoms with Crippen molar-refractivity contribution in [2.45, 2.75) is 12.6 Å². The Bertz CT molecular complexity index is 497. The highest BCUT2D eigenvalue weighted by molar-refractivity contribution is 5.29. The second-order valence-electron chi connectivity index (χ2n) is 3.59. The molecule has 2 aromatic rings. The summed E-state index contributed by atoms with van der Waals surface area (Å²) in [6, 6.07) is 11.3. The highest BCUT2D eigenvalue weighted by Crippen LogP contribution is 2.34. The van der Waals surface area contributed by atoms with E-state index >= 15 is 0 Å². The quantitative estimate of drug-likeness (QED) is 0.793. The summed E-state index contributed by atoms with van der Waals surface area (Å²) in [5.74, 6) is -3.20. The van der Waals surface area contributed by atoms with Crippen LogP contribution in [-0.2, 0) is 12.6 Å². The van der Waals surface area contributed by atoms with Gasteiger partial charge in [0.25, 0.3) is 0 Å². The van der Waals surface area contributed by atoms with E-state index in [0.717, 1.165) is 0 Å². The van der Waals surface area contributed by atoms with E-state index in [1.165, 1.54) is 42.5 Å². The van der Waals surface area contributed by atoms with Crippen LogP contribution in [0.2, 0.25) is 0 Å². The summed E-state index contributed by atoms with van der Waals surface area (Å²) in [5.41, 5.74) is -0.569. The molecule has 0 aliphatic heterocycles. The Kier molecular flexibility index (Phi) is 3.13. The lowest BCUT2D eigenvalue weighted by Crippen LogP contribution is -2.17. The maximum atomic E-state index is 14.0. The molecule has 1 heterocycles. The molecule has 17 heavy (non-hydrogen) atoms. The van der Waals surface area contributed by atoms with Crippen molar-refractivity contribution in [3.05, 3.63) is 65.5 Å². The number of benzene rings is 1. The number of hydrogen-bond donors (Lipinski definition) is 0. The lowest BCUT2D eigenvalue weighted by atomic mass is 10.0. The normalized spacial score (nSPS) is 11.5. The van der Waals surface area contributed by atoms with Gasteiger partial charge in [-0.05, 0) is 12.1 Å². The first-order valence-corrected chi connectivity index (χ1v) is 5.10. The second kappa shape index (κ2) is 4.57. The SMILES string of the molecule is FCc1cccc(C(F)(F)c2ccccc2)n1. The van der Waals surface area contributed by atoms with Gasteiger partial charge in [-0.25, -0.2) is 9.37 Å². The first kappa shape index (κ1) is 11.6. The molecule has 88 valence electrons. The van der Waals surface area contributed by atoms with Gasteiger partial charge >= 0.3 is 5.92 Å². The molecule has 1 aromatic heterocycles. The zero-order valence-corrected chi connectivity index (χ0v) is 8.91. The molecule has 0 unspecified atom stereocenters. The molecular weight excluding hydrogens is 227 g/mol. The largest absolute Gasteiger partial charge is 0.314 e. The number of hydrogen-bond acceptors (Lipinski definition) is 1. The Labute approximate surface area is 96.9 Å². The highest BCUT2D eigenvalue weighted by atomic mass is 19.3. The fourth-order valence-corrected chi connectivity index (χ4v) is 1.52. The minimum Gasteiger partial charge on any atom is -0.248 e. The van der Waals surface area contributed by atoms with Gasteiger partial charge in [-0.15, -0.1) is 0 Å². The number of rotatable bonds is 3. The summed E-state index contributed by atoms with van der Waals surface area (Å²) in [5, 5.41) is 0. The van der Waals surface area contributed by atoms with E-state index in [4.69, 9.17) is 0 Å². The van der Waals surface area contributed by atoms with Crippen molar-refractivity contribution in [3.8, 4) is 0 Å². The Morgan fingerprint density at radius 3 is 2.29 bits per heavy atom. The number of nitrogens with zero attached hydrogens (tertiary/aromatic N) is 1. The number of alkyl halides is 3. The van der Waals surface area contributed by atoms with Crippen LogP contribution in [0.3, 0.4) is 0 Å². The average Bonchev–Trinajstić information content (AvgIpc) is 2.40. The monoisotopic (exact) mass is 237 g/mol. The Hall–Kier alpha value is -1.84. The fourth-order valence-electron chi connectivity index (χ4n) is 1.52. The second-order valence-corrected chi connectivity index (χ2v) is 3.59. The van der Waals surface area contributed by atoms with Crippen molar-refractivity contribution in [2.24, 2.45) is 0 Å². The molecule has 0 atom stereocenters. The summed E-state index contributed by atoms with van der Waals surface area (Å²) in [7, 11) is 0. The van der Waals surface area contributed by atoms with Gasteiger partial charge in [-0.3, -0.25) is 0 Å². The summed E-state index contributed by atoms with van der Waals surface area (Å²) in [6.45, 7) is -0.849. The summed E-state index contributed by atoms with van der Waals surface area (Å²) >= 11 is 0. The molecule has 0 aliphatic carbocycles. The van der Waals surface area contributed by atoms with Crippen LogP contribution in [0.25, 0.3) is 0 Å². The Morgan fingerprint density at radius 2 is 1.65 bits per heavy atom. The first-order valence-electron chi connectivity index (χ1n) is 5.10. The van der Waals surface area contributed by atoms with Gasteiger partial charge in [0, 0.05) is 5.56 Å². The summed E-state index contributed by atoms with van der Waals surface area (Å²) in [6.07, 6.45) is 0. The molecule has 2 rings (SSSR count). The molecule has 0 radical (unpaired) electrons. The Balaban J connectivity index is 2.44. The van der Waals surface area contributed by atoms with E-state index in [1.54, 1.807) is 6.07 Å². The van der Waals surface area contributed by atoms with Crippen molar-refractivity contribution >= 4 is 0 Å². The lowest BCUT2D eigenvalue weighted by Gasteiger charge is -2.16. The minimum absolute atomic E-state index is 0.0121. The van der Waals surface area contributed by atoms with Gasteiger partial charge in [0.05, 0.1) is 5.69 Å². The van der Waals surface area contributed by atoms with E-state index in [2.05, 4.69) is 4.98 Å². The van der Waals surface area contributed by atoms with Crippen LogP contribution >= 0.6 is 0 Å². The predicted octanol–water partition coefficient (Wildman–Crippen LogP) is 3.69. The number of halogens is 3. The maximum Gasteiger partial charge on any atom is 0.314 e. The fraction of sp³-hybridized carbons (Fsp3) is 0.154. The number of aromatic nitrogens is 1. The van der Waals surface area contributed by atoms with E-state index in [0.29, 0.717) is 0 Å². The standard InChI is InChI=1S/C13H10F3N/c14-9-11-7-4-8-12(17-11)13(15,16)10-5-2-1-3-6-10/h1-8H,9H2. The molecule has 1 aromatic carbocycles. The van der Waals surface area contributed by atoms with Crippen molar-refractivity contribution in [3.63, 3.8) is 0 Å². The summed E-state index contributed by atoms with van der Waals surface area (Å²) in [4.78, 5) is 3.61. The molecule has 0 saturated heterocycles. The lowest BCUT2D eigenvalue weighted by molar-refractivity contribution is 0.0377. The first-order chi connectivity index (χ1) is 8.14. The van der Waals surface area contributed by atoms with Crippen molar-refractivity contribution in [1.29, 1.82) is 0 Å². The predicted molar refractivity (Wildman–Crippen MR) is 58.5 cm³/mol. The van der Waals surface area contributed by atoms with E-state index in [-0.39, 0.29) is 11.3 Å². The third kappa shape index (κ3) is 2.30. The van der Waals surface area contributed by atoms with Crippen LogP contribution in [0.1, 0.15) is 17.0 Å². The molecule has 0 aliphatic rings. The molecule has 0 amide bonds. The van der Waals surface area contributed by atoms with Crippen LogP contribution < -0.4 is 0 Å². The third-order valence-electron chi connectivity index (χ3n) is 2.40. The zero-order valence-electron chi connectivity index (χ0n) is 8.91. The maximum absolute atomic E-state index is 14.0. The van der Waals surface area contributed by atoms with Gasteiger partial charge in [-0.2, -0.15) is 8.78 Å². The van der Waals surface area contributed by atoms with Crippen LogP contribution in [0, 0.1) is 0 Å². The van der Waals surface area contributed by atoms with Crippen molar-refractivity contribution in [1.82, 2.24) is 4.98 Å². The Morgan fingerprint density at radius 1 is 0.941 bits per heavy atom. The van der Waals surface area contributed by atoms with Gasteiger partial charge < -0.3 is 0 Å². The number of pyridine rings is 1. The van der Waals surface area contributed by atoms with Crippen LogP contribution in [0.5, 0.6) is 0 Å². The van der Waals surface area contributed by atoms with E-state index < -0.39 is 18.3 Å². The van der Waals surface area contributed by atoms with E-state index in [1.807, 2.05) is 0 Å². The topological polar surface area (TPSA) is 12.9 Å². The molecule has 0 fully saturated rings. The summed E-state index contributed by atoms with van der Waals surface area (Å²) < 4.78 is 40.4. The molecule has 0 bridgehead atoms. The van der Waals surface area contributed by atoms with Crippen LogP contribution in [0.4, 0.5) is 13.2 Å². The molecule has 4 heteroatoms. The van der Waals surface area contributed by atoms with E-state index in [9.17, 15) is 13.2 Å². The molecule has 1 nitrogen and oxygen atoms in total. The zero-order chi connectivity index (χ0) is 12.3. The molecule has 0 N–H and O–H groups in total. The van der Waals surface area contributed by atoms with Crippen LogP contribution in [0.15, 0.2) is 48.5 Å². The minimum atomic E-state index is -3.20. The molecular formula is C13H10F3N. The smallest absolute Gasteiger partial charge is 0.248 e. The van der Waals surface area contributed by atoms with Gasteiger partial charge in [-0.1, -0.05) is 36.4 Å². The van der Waals surface area contributed by atoms with Crippen molar-refractivity contribution < 1.29 is 13.2 Å². The molecule has 0 saturated carbocycles. The van der Waals surface area contributed by atoms with Crippen LogP contribution in [-0.4, -0.2) is 4.98 Å². The van der Waals surface area contributed by atoms with Gasteiger partial charge in [0.2, 0.25) is 0 Å².